The minimum absolute atomic E-state index is 0.00376. The molecule has 1 N–H and O–H groups in total. The predicted molar refractivity (Wildman–Crippen MR) is 95.1 cm³/mol. The number of allylic oxidation sites excluding steroid dienone is 2. The zero-order chi connectivity index (χ0) is 19.9. The monoisotopic (exact) mass is 366 g/mol. The van der Waals surface area contributed by atoms with Crippen molar-refractivity contribution < 1.29 is 29.0 Å². The molecule has 0 amide bonds. The summed E-state index contributed by atoms with van der Waals surface area (Å²) in [7, 11) is 0. The maximum atomic E-state index is 12.2. The molecular weight excluding hydrogens is 336 g/mol. The van der Waals surface area contributed by atoms with Crippen LogP contribution in [0.3, 0.4) is 0 Å². The average Bonchev–Trinajstić information content (AvgIpc) is 3.14. The third kappa shape index (κ3) is 3.79. The van der Waals surface area contributed by atoms with Crippen molar-refractivity contribution in [2.45, 2.75) is 65.6 Å². The SMILES string of the molecule is CCC(=O)OC(C)(C)C1C2C=CC(C2)C1C(C)(C)OC(=O)C(C)C(=O)O. The second-order valence-corrected chi connectivity index (χ2v) is 8.52. The van der Waals surface area contributed by atoms with Gasteiger partial charge in [-0.3, -0.25) is 14.4 Å². The summed E-state index contributed by atoms with van der Waals surface area (Å²) >= 11 is 0. The zero-order valence-corrected chi connectivity index (χ0v) is 16.4. The smallest absolute Gasteiger partial charge is 0.320 e. The van der Waals surface area contributed by atoms with Crippen LogP contribution in [0.5, 0.6) is 0 Å². The molecule has 146 valence electrons. The first kappa shape index (κ1) is 20.5. The van der Waals surface area contributed by atoms with Gasteiger partial charge in [0.2, 0.25) is 0 Å². The van der Waals surface area contributed by atoms with Crippen LogP contribution in [0.25, 0.3) is 0 Å². The lowest BCUT2D eigenvalue weighted by molar-refractivity contribution is -0.185. The minimum atomic E-state index is -1.22. The van der Waals surface area contributed by atoms with E-state index in [1.807, 2.05) is 27.7 Å². The fraction of sp³-hybridized carbons (Fsp3) is 0.750. The molecule has 6 nitrogen and oxygen atoms in total. The van der Waals surface area contributed by atoms with E-state index in [1.165, 1.54) is 6.92 Å². The Morgan fingerprint density at radius 2 is 1.50 bits per heavy atom. The largest absolute Gasteiger partial charge is 0.481 e. The lowest BCUT2D eigenvalue weighted by Gasteiger charge is -2.46. The molecule has 2 rings (SSSR count). The topological polar surface area (TPSA) is 89.9 Å². The Morgan fingerprint density at radius 3 is 1.92 bits per heavy atom. The van der Waals surface area contributed by atoms with E-state index < -0.39 is 29.1 Å². The maximum absolute atomic E-state index is 12.2. The first-order chi connectivity index (χ1) is 11.9. The van der Waals surface area contributed by atoms with E-state index in [-0.39, 0.29) is 29.6 Å². The second kappa shape index (κ2) is 7.05. The molecule has 1 saturated carbocycles. The second-order valence-electron chi connectivity index (χ2n) is 8.52. The molecule has 5 atom stereocenters. The lowest BCUT2D eigenvalue weighted by Crippen LogP contribution is -2.51. The summed E-state index contributed by atoms with van der Waals surface area (Å²) in [6.45, 7) is 10.5. The summed E-state index contributed by atoms with van der Waals surface area (Å²) in [5.74, 6) is -3.00. The average molecular weight is 366 g/mol. The Hall–Kier alpha value is -1.85. The molecule has 0 aliphatic heterocycles. The van der Waals surface area contributed by atoms with Gasteiger partial charge in [-0.25, -0.2) is 0 Å². The fourth-order valence-corrected chi connectivity index (χ4v) is 4.67. The molecule has 6 heteroatoms. The molecule has 0 saturated heterocycles. The van der Waals surface area contributed by atoms with Crippen LogP contribution in [0.4, 0.5) is 0 Å². The number of carbonyl (C=O) groups excluding carboxylic acids is 2. The highest BCUT2D eigenvalue weighted by Gasteiger charge is 2.58. The molecule has 5 unspecified atom stereocenters. The van der Waals surface area contributed by atoms with Crippen LogP contribution in [-0.4, -0.2) is 34.2 Å². The van der Waals surface area contributed by atoms with Crippen molar-refractivity contribution in [2.75, 3.05) is 0 Å². The van der Waals surface area contributed by atoms with Crippen LogP contribution in [0.1, 0.15) is 54.4 Å². The number of aliphatic carboxylic acids is 1. The van der Waals surface area contributed by atoms with Gasteiger partial charge in [-0.15, -0.1) is 0 Å². The molecular formula is C20H30O6. The number of hydrogen-bond donors (Lipinski definition) is 1. The molecule has 0 spiro atoms. The fourth-order valence-electron chi connectivity index (χ4n) is 4.67. The molecule has 2 aliphatic carbocycles. The summed E-state index contributed by atoms with van der Waals surface area (Å²) in [4.78, 5) is 35.2. The number of carboxylic acids is 1. The van der Waals surface area contributed by atoms with Crippen LogP contribution >= 0.6 is 0 Å². The summed E-state index contributed by atoms with van der Waals surface area (Å²) in [5, 5.41) is 9.06. The zero-order valence-electron chi connectivity index (χ0n) is 16.4. The number of carboxylic acid groups (broad SMARTS) is 1. The van der Waals surface area contributed by atoms with Crippen molar-refractivity contribution in [1.82, 2.24) is 0 Å². The molecule has 2 aliphatic rings. The Morgan fingerprint density at radius 1 is 1.04 bits per heavy atom. The first-order valence-electron chi connectivity index (χ1n) is 9.26. The van der Waals surface area contributed by atoms with Crippen LogP contribution in [0.2, 0.25) is 0 Å². The van der Waals surface area contributed by atoms with Gasteiger partial charge in [0.05, 0.1) is 0 Å². The van der Waals surface area contributed by atoms with Gasteiger partial charge in [-0.2, -0.15) is 0 Å². The van der Waals surface area contributed by atoms with Gasteiger partial charge in [0.25, 0.3) is 0 Å². The molecule has 0 aromatic rings. The van der Waals surface area contributed by atoms with Gasteiger partial charge in [-0.1, -0.05) is 19.1 Å². The molecule has 1 fully saturated rings. The van der Waals surface area contributed by atoms with Crippen molar-refractivity contribution in [1.29, 1.82) is 0 Å². The summed E-state index contributed by atoms with van der Waals surface area (Å²) in [6, 6.07) is 0. The van der Waals surface area contributed by atoms with Crippen LogP contribution in [0.15, 0.2) is 12.2 Å². The van der Waals surface area contributed by atoms with E-state index in [4.69, 9.17) is 14.6 Å². The lowest BCUT2D eigenvalue weighted by atomic mass is 9.67. The minimum Gasteiger partial charge on any atom is -0.481 e. The third-order valence-electron chi connectivity index (χ3n) is 5.82. The van der Waals surface area contributed by atoms with E-state index in [9.17, 15) is 14.4 Å². The first-order valence-corrected chi connectivity index (χ1v) is 9.26. The molecule has 0 heterocycles. The van der Waals surface area contributed by atoms with Crippen LogP contribution < -0.4 is 0 Å². The standard InChI is InChI=1S/C20H30O6/c1-7-14(21)25-19(3,4)15-12-8-9-13(10-12)16(15)20(5,6)26-18(24)11(2)17(22)23/h8-9,11-13,15-16H,7,10H2,1-6H3,(H,22,23). The highest BCUT2D eigenvalue weighted by Crippen LogP contribution is 2.57. The third-order valence-corrected chi connectivity index (χ3v) is 5.82. The Bertz CT molecular complexity index is 618. The molecule has 2 bridgehead atoms. The van der Waals surface area contributed by atoms with E-state index >= 15 is 0 Å². The number of esters is 2. The van der Waals surface area contributed by atoms with Gasteiger partial charge in [0, 0.05) is 18.3 Å². The van der Waals surface area contributed by atoms with Gasteiger partial charge >= 0.3 is 17.9 Å². The van der Waals surface area contributed by atoms with Gasteiger partial charge < -0.3 is 14.6 Å². The number of rotatable bonds is 7. The Balaban J connectivity index is 2.27. The van der Waals surface area contributed by atoms with Gasteiger partial charge in [0.15, 0.2) is 5.92 Å². The summed E-state index contributed by atoms with van der Waals surface area (Å²) in [6.07, 6.45) is 5.53. The van der Waals surface area contributed by atoms with E-state index in [2.05, 4.69) is 12.2 Å². The van der Waals surface area contributed by atoms with E-state index in [1.54, 1.807) is 6.92 Å². The highest BCUT2D eigenvalue weighted by atomic mass is 16.6. The quantitative estimate of drug-likeness (QED) is 0.423. The van der Waals surface area contributed by atoms with Crippen LogP contribution in [-0.2, 0) is 23.9 Å². The normalized spacial score (nSPS) is 28.7. The summed E-state index contributed by atoms with van der Waals surface area (Å²) in [5.41, 5.74) is -1.57. The maximum Gasteiger partial charge on any atom is 0.320 e. The number of ether oxygens (including phenoxy) is 2. The van der Waals surface area contributed by atoms with E-state index in [0.717, 1.165) is 6.42 Å². The van der Waals surface area contributed by atoms with Crippen molar-refractivity contribution in [3.8, 4) is 0 Å². The van der Waals surface area contributed by atoms with Crippen molar-refractivity contribution in [2.24, 2.45) is 29.6 Å². The summed E-state index contributed by atoms with van der Waals surface area (Å²) < 4.78 is 11.4. The number of fused-ring (bicyclic) bond motifs is 2. The Kier molecular flexibility index (Phi) is 5.54. The molecule has 0 radical (unpaired) electrons. The van der Waals surface area contributed by atoms with Gasteiger partial charge in [-0.05, 0) is 52.9 Å². The Labute approximate surface area is 154 Å². The molecule has 26 heavy (non-hydrogen) atoms. The number of carbonyl (C=O) groups is 3. The highest BCUT2D eigenvalue weighted by molar-refractivity contribution is 5.93. The van der Waals surface area contributed by atoms with Crippen molar-refractivity contribution >= 4 is 17.9 Å². The van der Waals surface area contributed by atoms with Gasteiger partial charge in [0.1, 0.15) is 11.2 Å². The van der Waals surface area contributed by atoms with E-state index in [0.29, 0.717) is 6.42 Å². The van der Waals surface area contributed by atoms with Crippen molar-refractivity contribution in [3.05, 3.63) is 12.2 Å². The van der Waals surface area contributed by atoms with Crippen molar-refractivity contribution in [3.63, 3.8) is 0 Å². The molecule has 0 aromatic carbocycles. The molecule has 0 aromatic heterocycles. The predicted octanol–water partition coefficient (Wildman–Crippen LogP) is 3.20. The van der Waals surface area contributed by atoms with Crippen LogP contribution in [0, 0.1) is 29.6 Å². The number of hydrogen-bond acceptors (Lipinski definition) is 5.